The fourth-order valence-electron chi connectivity index (χ4n) is 2.69. The van der Waals surface area contributed by atoms with Gasteiger partial charge in [-0.1, -0.05) is 47.5 Å². The number of aryl methyl sites for hydroxylation is 1. The summed E-state index contributed by atoms with van der Waals surface area (Å²) in [6, 6.07) is 19.5. The molecule has 0 aliphatic rings. The molecule has 0 aromatic heterocycles. The maximum Gasteiger partial charge on any atom is 0.255 e. The molecule has 28 heavy (non-hydrogen) atoms. The van der Waals surface area contributed by atoms with Crippen LogP contribution in [0.5, 0.6) is 5.75 Å². The van der Waals surface area contributed by atoms with Crippen LogP contribution in [0, 0.1) is 6.92 Å². The lowest BCUT2D eigenvalue weighted by molar-refractivity contribution is 0.0998. The number of nitrogens with one attached hydrogen (secondary N) is 1. The summed E-state index contributed by atoms with van der Waals surface area (Å²) in [7, 11) is 0. The molecular formula is C22H19ClN2O3. The summed E-state index contributed by atoms with van der Waals surface area (Å²) < 4.78 is 5.80. The Hall–Kier alpha value is -3.31. The van der Waals surface area contributed by atoms with Gasteiger partial charge < -0.3 is 15.8 Å². The summed E-state index contributed by atoms with van der Waals surface area (Å²) in [6.07, 6.45) is 0. The molecule has 0 aliphatic heterocycles. The highest BCUT2D eigenvalue weighted by molar-refractivity contribution is 6.34. The van der Waals surface area contributed by atoms with E-state index < -0.39 is 5.91 Å². The average Bonchev–Trinajstić information content (AvgIpc) is 2.66. The number of halogens is 1. The second kappa shape index (κ2) is 8.59. The van der Waals surface area contributed by atoms with Crippen molar-refractivity contribution in [3.05, 3.63) is 94.0 Å². The minimum absolute atomic E-state index is 0.181. The standard InChI is InChI=1S/C22H19ClN2O3/c1-14-4-2-5-15(10-14)13-28-18-7-3-6-16(11-18)22(27)25-17-8-9-19(21(24)26)20(23)12-17/h2-12H,13H2,1H3,(H2,24,26)(H,25,27). The second-order valence-corrected chi connectivity index (χ2v) is 6.73. The van der Waals surface area contributed by atoms with Gasteiger partial charge in [0.25, 0.3) is 5.91 Å². The van der Waals surface area contributed by atoms with Gasteiger partial charge in [-0.2, -0.15) is 0 Å². The van der Waals surface area contributed by atoms with Crippen molar-refractivity contribution in [1.82, 2.24) is 0 Å². The first kappa shape index (κ1) is 19.5. The van der Waals surface area contributed by atoms with Crippen LogP contribution in [0.3, 0.4) is 0 Å². The Morgan fingerprint density at radius 3 is 2.54 bits per heavy atom. The number of amides is 2. The molecule has 0 heterocycles. The molecule has 142 valence electrons. The van der Waals surface area contributed by atoms with Crippen molar-refractivity contribution >= 4 is 29.1 Å². The van der Waals surface area contributed by atoms with Crippen LogP contribution in [0.15, 0.2) is 66.7 Å². The highest BCUT2D eigenvalue weighted by Crippen LogP contribution is 2.22. The first-order valence-corrected chi connectivity index (χ1v) is 8.99. The molecule has 3 aromatic carbocycles. The number of primary amides is 1. The third-order valence-electron chi connectivity index (χ3n) is 4.08. The summed E-state index contributed by atoms with van der Waals surface area (Å²) >= 11 is 6.02. The lowest BCUT2D eigenvalue weighted by atomic mass is 10.1. The second-order valence-electron chi connectivity index (χ2n) is 6.32. The predicted molar refractivity (Wildman–Crippen MR) is 110 cm³/mol. The lowest BCUT2D eigenvalue weighted by Gasteiger charge is -2.10. The largest absolute Gasteiger partial charge is 0.489 e. The van der Waals surface area contributed by atoms with E-state index in [2.05, 4.69) is 11.4 Å². The van der Waals surface area contributed by atoms with E-state index in [4.69, 9.17) is 22.1 Å². The molecule has 0 bridgehead atoms. The molecule has 0 atom stereocenters. The number of carbonyl (C=O) groups excluding carboxylic acids is 2. The van der Waals surface area contributed by atoms with Crippen LogP contribution in [-0.4, -0.2) is 11.8 Å². The molecule has 3 N–H and O–H groups in total. The smallest absolute Gasteiger partial charge is 0.255 e. The predicted octanol–water partition coefficient (Wildman–Crippen LogP) is 4.58. The van der Waals surface area contributed by atoms with E-state index in [1.165, 1.54) is 12.1 Å². The topological polar surface area (TPSA) is 81.4 Å². The molecule has 0 unspecified atom stereocenters. The third-order valence-corrected chi connectivity index (χ3v) is 4.39. The summed E-state index contributed by atoms with van der Waals surface area (Å²) in [5.41, 5.74) is 8.55. The van der Waals surface area contributed by atoms with Gasteiger partial charge in [-0.3, -0.25) is 9.59 Å². The Morgan fingerprint density at radius 2 is 1.82 bits per heavy atom. The number of hydrogen-bond donors (Lipinski definition) is 2. The number of carbonyl (C=O) groups is 2. The Morgan fingerprint density at radius 1 is 1.04 bits per heavy atom. The molecule has 3 aromatic rings. The van der Waals surface area contributed by atoms with E-state index in [0.717, 1.165) is 11.1 Å². The lowest BCUT2D eigenvalue weighted by Crippen LogP contribution is -2.14. The van der Waals surface area contributed by atoms with Crippen molar-refractivity contribution in [2.45, 2.75) is 13.5 Å². The first-order chi connectivity index (χ1) is 13.4. The molecule has 5 nitrogen and oxygen atoms in total. The molecule has 0 spiro atoms. The Kier molecular flexibility index (Phi) is 5.96. The molecular weight excluding hydrogens is 376 g/mol. The number of ether oxygens (including phenoxy) is 1. The quantitative estimate of drug-likeness (QED) is 0.642. The Labute approximate surface area is 168 Å². The van der Waals surface area contributed by atoms with Crippen molar-refractivity contribution < 1.29 is 14.3 Å². The van der Waals surface area contributed by atoms with E-state index >= 15 is 0 Å². The van der Waals surface area contributed by atoms with Crippen LogP contribution >= 0.6 is 11.6 Å². The van der Waals surface area contributed by atoms with Gasteiger partial charge >= 0.3 is 0 Å². The van der Waals surface area contributed by atoms with Gasteiger partial charge in [0, 0.05) is 11.3 Å². The molecule has 0 saturated carbocycles. The van der Waals surface area contributed by atoms with Gasteiger partial charge in [0.2, 0.25) is 5.91 Å². The van der Waals surface area contributed by atoms with Crippen LogP contribution in [0.2, 0.25) is 5.02 Å². The van der Waals surface area contributed by atoms with Crippen molar-refractivity contribution in [2.75, 3.05) is 5.32 Å². The van der Waals surface area contributed by atoms with E-state index in [1.807, 2.05) is 25.1 Å². The summed E-state index contributed by atoms with van der Waals surface area (Å²) in [5, 5.41) is 2.92. The average molecular weight is 395 g/mol. The normalized spacial score (nSPS) is 10.4. The monoisotopic (exact) mass is 394 g/mol. The van der Waals surface area contributed by atoms with Crippen LogP contribution < -0.4 is 15.8 Å². The maximum atomic E-state index is 12.5. The summed E-state index contributed by atoms with van der Waals surface area (Å²) in [5.74, 6) is -0.346. The number of benzene rings is 3. The molecule has 0 aliphatic carbocycles. The van der Waals surface area contributed by atoms with Crippen LogP contribution in [-0.2, 0) is 6.61 Å². The van der Waals surface area contributed by atoms with Gasteiger partial charge in [-0.15, -0.1) is 0 Å². The number of nitrogens with two attached hydrogens (primary N) is 1. The molecule has 0 saturated heterocycles. The third kappa shape index (κ3) is 4.90. The van der Waals surface area contributed by atoms with Crippen molar-refractivity contribution in [3.8, 4) is 5.75 Å². The molecule has 0 fully saturated rings. The van der Waals surface area contributed by atoms with Gasteiger partial charge in [0.1, 0.15) is 12.4 Å². The highest BCUT2D eigenvalue weighted by atomic mass is 35.5. The van der Waals surface area contributed by atoms with Crippen LogP contribution in [0.4, 0.5) is 5.69 Å². The SMILES string of the molecule is Cc1cccc(COc2cccc(C(=O)Nc3ccc(C(N)=O)c(Cl)c3)c2)c1. The maximum absolute atomic E-state index is 12.5. The molecule has 3 rings (SSSR count). The van der Waals surface area contributed by atoms with Crippen molar-refractivity contribution in [1.29, 1.82) is 0 Å². The Bertz CT molecular complexity index is 1030. The van der Waals surface area contributed by atoms with E-state index in [9.17, 15) is 9.59 Å². The van der Waals surface area contributed by atoms with E-state index in [-0.39, 0.29) is 16.5 Å². The van der Waals surface area contributed by atoms with Crippen molar-refractivity contribution in [3.63, 3.8) is 0 Å². The number of rotatable bonds is 6. The fourth-order valence-corrected chi connectivity index (χ4v) is 2.97. The van der Waals surface area contributed by atoms with Gasteiger partial charge in [0.05, 0.1) is 10.6 Å². The zero-order valence-electron chi connectivity index (χ0n) is 15.2. The fraction of sp³-hybridized carbons (Fsp3) is 0.0909. The van der Waals surface area contributed by atoms with Gasteiger partial charge in [0.15, 0.2) is 0 Å². The summed E-state index contributed by atoms with van der Waals surface area (Å²) in [4.78, 5) is 23.7. The van der Waals surface area contributed by atoms with Crippen molar-refractivity contribution in [2.24, 2.45) is 5.73 Å². The minimum Gasteiger partial charge on any atom is -0.489 e. The zero-order valence-corrected chi connectivity index (χ0v) is 16.0. The van der Waals surface area contributed by atoms with Crippen LogP contribution in [0.25, 0.3) is 0 Å². The molecule has 0 radical (unpaired) electrons. The first-order valence-electron chi connectivity index (χ1n) is 8.61. The molecule has 2 amide bonds. The molecule has 6 heteroatoms. The number of anilines is 1. The minimum atomic E-state index is -0.624. The highest BCUT2D eigenvalue weighted by Gasteiger charge is 2.11. The Balaban J connectivity index is 1.68. The van der Waals surface area contributed by atoms with E-state index in [1.54, 1.807) is 30.3 Å². The van der Waals surface area contributed by atoms with Gasteiger partial charge in [-0.05, 0) is 48.9 Å². The van der Waals surface area contributed by atoms with Crippen LogP contribution in [0.1, 0.15) is 31.8 Å². The van der Waals surface area contributed by atoms with Gasteiger partial charge in [-0.25, -0.2) is 0 Å². The number of hydrogen-bond acceptors (Lipinski definition) is 3. The summed E-state index contributed by atoms with van der Waals surface area (Å²) in [6.45, 7) is 2.44. The van der Waals surface area contributed by atoms with E-state index in [0.29, 0.717) is 23.6 Å². The zero-order chi connectivity index (χ0) is 20.1.